The Morgan fingerprint density at radius 2 is 2.00 bits per heavy atom. The number of piperidine rings is 2. The Balaban J connectivity index is 1.65. The van der Waals surface area contributed by atoms with E-state index in [1.54, 1.807) is 12.1 Å². The molecule has 7 heteroatoms. The highest BCUT2D eigenvalue weighted by atomic mass is 19.1. The molecular weight excluding hydrogens is 327 g/mol. The third-order valence-corrected chi connectivity index (χ3v) is 4.84. The lowest BCUT2D eigenvalue weighted by Gasteiger charge is -2.34. The highest BCUT2D eigenvalue weighted by Gasteiger charge is 2.29. The smallest absolute Gasteiger partial charge is 0.234 e. The molecule has 2 N–H and O–H groups in total. The fourth-order valence-corrected chi connectivity index (χ4v) is 3.49. The van der Waals surface area contributed by atoms with Crippen LogP contribution in [0, 0.1) is 5.82 Å². The molecule has 2 heterocycles. The van der Waals surface area contributed by atoms with E-state index in [9.17, 15) is 14.0 Å². The third kappa shape index (κ3) is 4.16. The van der Waals surface area contributed by atoms with Crippen molar-refractivity contribution in [3.63, 3.8) is 0 Å². The molecule has 0 bridgehead atoms. The Bertz CT molecular complexity index is 644. The topological polar surface area (TPSA) is 78.9 Å². The maximum absolute atomic E-state index is 14.6. The Kier molecular flexibility index (Phi) is 5.65. The molecule has 2 fully saturated rings. The predicted molar refractivity (Wildman–Crippen MR) is 89.8 cm³/mol. The zero-order chi connectivity index (χ0) is 17.8. The number of imide groups is 1. The first kappa shape index (κ1) is 17.8. The molecule has 6 nitrogen and oxygen atoms in total. The highest BCUT2D eigenvalue weighted by Crippen LogP contribution is 2.30. The zero-order valence-electron chi connectivity index (χ0n) is 14.0. The molecule has 0 aromatic heterocycles. The Morgan fingerprint density at radius 1 is 1.24 bits per heavy atom. The second-order valence-corrected chi connectivity index (χ2v) is 6.50. The summed E-state index contributed by atoms with van der Waals surface area (Å²) in [6.07, 6.45) is 2.37. The van der Waals surface area contributed by atoms with Gasteiger partial charge in [-0.15, -0.1) is 0 Å². The molecule has 2 amide bonds. The maximum Gasteiger partial charge on any atom is 0.234 e. The van der Waals surface area contributed by atoms with Gasteiger partial charge in [0.05, 0.1) is 30.9 Å². The molecule has 0 saturated carbocycles. The van der Waals surface area contributed by atoms with E-state index in [1.807, 2.05) is 4.90 Å². The van der Waals surface area contributed by atoms with Gasteiger partial charge in [0.25, 0.3) is 0 Å². The van der Waals surface area contributed by atoms with E-state index in [0.717, 1.165) is 12.8 Å². The molecule has 1 unspecified atom stereocenters. The lowest BCUT2D eigenvalue weighted by molar-refractivity contribution is -0.134. The van der Waals surface area contributed by atoms with Gasteiger partial charge < -0.3 is 14.7 Å². The van der Waals surface area contributed by atoms with E-state index in [-0.39, 0.29) is 36.8 Å². The number of carbonyl (C=O) groups excluding carboxylic acids is 2. The average molecular weight is 350 g/mol. The number of aliphatic hydroxyl groups excluding tert-OH is 1. The van der Waals surface area contributed by atoms with Crippen LogP contribution in [0.15, 0.2) is 18.2 Å². The summed E-state index contributed by atoms with van der Waals surface area (Å²) in [7, 11) is 0. The Morgan fingerprint density at radius 3 is 2.64 bits per heavy atom. The lowest BCUT2D eigenvalue weighted by atomic mass is 9.90. The number of halogens is 1. The minimum atomic E-state index is -0.473. The molecule has 1 aromatic carbocycles. The summed E-state index contributed by atoms with van der Waals surface area (Å²) in [5, 5.41) is 11.1. The van der Waals surface area contributed by atoms with Crippen molar-refractivity contribution in [3.05, 3.63) is 29.6 Å². The third-order valence-electron chi connectivity index (χ3n) is 4.84. The van der Waals surface area contributed by atoms with E-state index >= 15 is 0 Å². The number of anilines is 1. The molecule has 0 radical (unpaired) electrons. The van der Waals surface area contributed by atoms with E-state index in [1.165, 1.54) is 6.07 Å². The Labute approximate surface area is 146 Å². The Hall–Kier alpha value is -1.99. The number of nitrogens with zero attached hydrogens (tertiary/aromatic N) is 1. The molecule has 0 spiro atoms. The summed E-state index contributed by atoms with van der Waals surface area (Å²) in [4.78, 5) is 25.1. The first-order chi connectivity index (χ1) is 12.1. The monoisotopic (exact) mass is 350 g/mol. The van der Waals surface area contributed by atoms with Crippen LogP contribution < -0.4 is 10.2 Å². The molecule has 2 aliphatic rings. The fraction of sp³-hybridized carbons (Fsp3) is 0.556. The van der Waals surface area contributed by atoms with Gasteiger partial charge in [0.2, 0.25) is 11.8 Å². The largest absolute Gasteiger partial charge is 0.394 e. The van der Waals surface area contributed by atoms with Gasteiger partial charge >= 0.3 is 0 Å². The van der Waals surface area contributed by atoms with Crippen LogP contribution in [0.4, 0.5) is 10.1 Å². The molecule has 1 atom stereocenters. The molecule has 0 aliphatic carbocycles. The van der Waals surface area contributed by atoms with Crippen LogP contribution in [0.1, 0.15) is 37.2 Å². The van der Waals surface area contributed by atoms with Crippen LogP contribution in [0.5, 0.6) is 0 Å². The van der Waals surface area contributed by atoms with Gasteiger partial charge in [0.15, 0.2) is 0 Å². The van der Waals surface area contributed by atoms with E-state index in [0.29, 0.717) is 37.4 Å². The molecule has 2 saturated heterocycles. The van der Waals surface area contributed by atoms with Crippen LogP contribution in [0.25, 0.3) is 0 Å². The van der Waals surface area contributed by atoms with Crippen molar-refractivity contribution >= 4 is 17.5 Å². The summed E-state index contributed by atoms with van der Waals surface area (Å²) in [5.74, 6) is -1.45. The van der Waals surface area contributed by atoms with E-state index < -0.39 is 5.92 Å². The number of aliphatic hydroxyl groups is 1. The minimum absolute atomic E-state index is 0.0106. The number of rotatable bonds is 5. The van der Waals surface area contributed by atoms with Crippen molar-refractivity contribution in [3.8, 4) is 0 Å². The van der Waals surface area contributed by atoms with Crippen LogP contribution >= 0.6 is 0 Å². The number of hydrogen-bond acceptors (Lipinski definition) is 5. The van der Waals surface area contributed by atoms with Crippen molar-refractivity contribution in [2.45, 2.75) is 37.7 Å². The normalized spacial score (nSPS) is 22.2. The van der Waals surface area contributed by atoms with Gasteiger partial charge in [-0.25, -0.2) is 4.39 Å². The number of carbonyl (C=O) groups is 2. The van der Waals surface area contributed by atoms with Crippen molar-refractivity contribution < 1.29 is 23.8 Å². The van der Waals surface area contributed by atoms with Gasteiger partial charge in [0, 0.05) is 19.5 Å². The van der Waals surface area contributed by atoms with Crippen LogP contribution in [-0.4, -0.2) is 49.3 Å². The number of amides is 2. The lowest BCUT2D eigenvalue weighted by Crippen LogP contribution is -2.39. The molecule has 136 valence electrons. The van der Waals surface area contributed by atoms with Gasteiger partial charge in [0.1, 0.15) is 5.82 Å². The molecule has 2 aliphatic heterocycles. The van der Waals surface area contributed by atoms with Crippen LogP contribution in [0.3, 0.4) is 0 Å². The first-order valence-electron chi connectivity index (χ1n) is 8.69. The van der Waals surface area contributed by atoms with Crippen molar-refractivity contribution in [2.24, 2.45) is 0 Å². The molecule has 3 rings (SSSR count). The van der Waals surface area contributed by atoms with Gasteiger partial charge in [-0.3, -0.25) is 14.9 Å². The predicted octanol–water partition coefficient (Wildman–Crippen LogP) is 1.32. The number of benzene rings is 1. The van der Waals surface area contributed by atoms with Gasteiger partial charge in [-0.2, -0.15) is 0 Å². The number of nitrogens with one attached hydrogen (secondary N) is 1. The van der Waals surface area contributed by atoms with Crippen molar-refractivity contribution in [1.82, 2.24) is 5.32 Å². The van der Waals surface area contributed by atoms with Gasteiger partial charge in [-0.05, 0) is 37.0 Å². The summed E-state index contributed by atoms with van der Waals surface area (Å²) in [6.45, 7) is 1.71. The zero-order valence-corrected chi connectivity index (χ0v) is 14.0. The summed E-state index contributed by atoms with van der Waals surface area (Å²) < 4.78 is 20.1. The van der Waals surface area contributed by atoms with Crippen LogP contribution in [0.2, 0.25) is 0 Å². The second-order valence-electron chi connectivity index (χ2n) is 6.50. The van der Waals surface area contributed by atoms with E-state index in [2.05, 4.69) is 5.32 Å². The van der Waals surface area contributed by atoms with Crippen molar-refractivity contribution in [2.75, 3.05) is 31.2 Å². The van der Waals surface area contributed by atoms with Crippen LogP contribution in [-0.2, 0) is 14.3 Å². The average Bonchev–Trinajstić information content (AvgIpc) is 2.60. The fourth-order valence-electron chi connectivity index (χ4n) is 3.49. The summed E-state index contributed by atoms with van der Waals surface area (Å²) in [5.41, 5.74) is 1.13. The molecular formula is C18H23FN2O4. The van der Waals surface area contributed by atoms with E-state index in [4.69, 9.17) is 9.84 Å². The number of ether oxygens (including phenoxy) is 1. The second kappa shape index (κ2) is 7.93. The quantitative estimate of drug-likeness (QED) is 0.783. The minimum Gasteiger partial charge on any atom is -0.394 e. The summed E-state index contributed by atoms with van der Waals surface area (Å²) in [6, 6.07) is 4.89. The number of hydrogen-bond donors (Lipinski definition) is 2. The van der Waals surface area contributed by atoms with Gasteiger partial charge in [-0.1, -0.05) is 6.07 Å². The molecule has 1 aromatic rings. The standard InChI is InChI=1S/C18H23FN2O4/c19-15-11-12(14-2-4-17(23)20-18(14)24)1-3-16(15)21-7-5-13(6-8-21)25-10-9-22/h1,3,11,13-14,22H,2,4-10H2,(H,20,23,24). The first-order valence-corrected chi connectivity index (χ1v) is 8.69. The van der Waals surface area contributed by atoms with Crippen molar-refractivity contribution in [1.29, 1.82) is 0 Å². The summed E-state index contributed by atoms with van der Waals surface area (Å²) >= 11 is 0. The maximum atomic E-state index is 14.6. The molecule has 25 heavy (non-hydrogen) atoms. The highest BCUT2D eigenvalue weighted by molar-refractivity contribution is 6.00. The SMILES string of the molecule is O=C1CCC(c2ccc(N3CCC(OCCO)CC3)c(F)c2)C(=O)N1.